The summed E-state index contributed by atoms with van der Waals surface area (Å²) < 4.78 is 6.32. The normalized spacial score (nSPS) is 10.2. The van der Waals surface area contributed by atoms with Gasteiger partial charge in [-0.3, -0.25) is 0 Å². The Morgan fingerprint density at radius 2 is 2.38 bits per heavy atom. The van der Waals surface area contributed by atoms with E-state index in [1.54, 1.807) is 10.8 Å². The summed E-state index contributed by atoms with van der Waals surface area (Å²) in [7, 11) is 0. The molecule has 13 heavy (non-hydrogen) atoms. The molecule has 4 nitrogen and oxygen atoms in total. The van der Waals surface area contributed by atoms with Gasteiger partial charge in [0.15, 0.2) is 18.8 Å². The molecule has 0 aromatic carbocycles. The van der Waals surface area contributed by atoms with Crippen LogP contribution in [-0.4, -0.2) is 5.97 Å². The predicted octanol–water partition coefficient (Wildman–Crippen LogP) is 0.121. The highest BCUT2D eigenvalue weighted by molar-refractivity contribution is 5.78. The molecule has 0 bridgehead atoms. The first-order chi connectivity index (χ1) is 6.25. The molecule has 0 saturated heterocycles. The van der Waals surface area contributed by atoms with E-state index in [0.717, 1.165) is 19.3 Å². The summed E-state index contributed by atoms with van der Waals surface area (Å²) in [5.74, 6) is -1.36. The zero-order valence-electron chi connectivity index (χ0n) is 7.66. The molecule has 0 aliphatic carbocycles. The van der Waals surface area contributed by atoms with Crippen molar-refractivity contribution in [2.24, 2.45) is 0 Å². The smallest absolute Gasteiger partial charge is 0.396 e. The quantitative estimate of drug-likeness (QED) is 0.481. The van der Waals surface area contributed by atoms with Gasteiger partial charge in [-0.25, -0.2) is 0 Å². The van der Waals surface area contributed by atoms with E-state index < -0.39 is 5.97 Å². The minimum absolute atomic E-state index is 0.101. The highest BCUT2D eigenvalue weighted by atomic mass is 16.4. The Labute approximate surface area is 76.8 Å². The first kappa shape index (κ1) is 9.77. The average molecular weight is 183 g/mol. The van der Waals surface area contributed by atoms with Crippen molar-refractivity contribution in [2.45, 2.75) is 32.7 Å². The molecular formula is C9H13NO3. The van der Waals surface area contributed by atoms with Crippen LogP contribution in [0.2, 0.25) is 0 Å². The molecule has 0 aliphatic rings. The number of nitrogens with zero attached hydrogens (tertiary/aromatic N) is 1. The van der Waals surface area contributed by atoms with E-state index in [1.807, 2.05) is 0 Å². The number of carboxylic acids is 1. The van der Waals surface area contributed by atoms with Gasteiger partial charge in [-0.1, -0.05) is 13.3 Å². The third-order valence-electron chi connectivity index (χ3n) is 1.86. The highest BCUT2D eigenvalue weighted by Crippen LogP contribution is 1.96. The second kappa shape index (κ2) is 4.64. The van der Waals surface area contributed by atoms with E-state index in [4.69, 9.17) is 4.42 Å². The molecular weight excluding hydrogens is 170 g/mol. The van der Waals surface area contributed by atoms with Gasteiger partial charge in [0.2, 0.25) is 6.20 Å². The van der Waals surface area contributed by atoms with Gasteiger partial charge < -0.3 is 14.3 Å². The summed E-state index contributed by atoms with van der Waals surface area (Å²) in [4.78, 5) is 10.5. The summed E-state index contributed by atoms with van der Waals surface area (Å²) in [6.07, 6.45) is 6.13. The van der Waals surface area contributed by atoms with Gasteiger partial charge in [0.1, 0.15) is 0 Å². The fourth-order valence-corrected chi connectivity index (χ4v) is 1.18. The molecule has 1 heterocycles. The third-order valence-corrected chi connectivity index (χ3v) is 1.86. The second-order valence-electron chi connectivity index (χ2n) is 2.90. The lowest BCUT2D eigenvalue weighted by molar-refractivity contribution is -0.704. The maximum atomic E-state index is 10.5. The fraction of sp³-hybridized carbons (Fsp3) is 0.556. The number of carboxylic acid groups (broad SMARTS) is 1. The number of hydrogen-bond donors (Lipinski definition) is 0. The number of hydrogen-bond acceptors (Lipinski definition) is 3. The maximum Gasteiger partial charge on any atom is 0.396 e. The fourth-order valence-electron chi connectivity index (χ4n) is 1.18. The van der Waals surface area contributed by atoms with E-state index in [1.165, 1.54) is 6.26 Å². The van der Waals surface area contributed by atoms with Crippen molar-refractivity contribution in [1.29, 1.82) is 0 Å². The average Bonchev–Trinajstić information content (AvgIpc) is 2.53. The summed E-state index contributed by atoms with van der Waals surface area (Å²) in [5.41, 5.74) is 0. The molecule has 0 amide bonds. The SMILES string of the molecule is CCCCC[n+]1ccoc1C(=O)[O-]. The molecule has 1 aromatic rings. The monoisotopic (exact) mass is 183 g/mol. The zero-order chi connectivity index (χ0) is 9.68. The minimum Gasteiger partial charge on any atom is -0.537 e. The number of oxazole rings is 1. The topological polar surface area (TPSA) is 57.2 Å². The summed E-state index contributed by atoms with van der Waals surface area (Å²) in [6.45, 7) is 2.77. The van der Waals surface area contributed by atoms with Crippen LogP contribution >= 0.6 is 0 Å². The van der Waals surface area contributed by atoms with Crippen LogP contribution in [0.5, 0.6) is 0 Å². The van der Waals surface area contributed by atoms with Crippen LogP contribution in [0.1, 0.15) is 36.9 Å². The first-order valence-electron chi connectivity index (χ1n) is 4.44. The van der Waals surface area contributed by atoms with Crippen molar-refractivity contribution < 1.29 is 18.9 Å². The lowest BCUT2D eigenvalue weighted by Crippen LogP contribution is -2.42. The van der Waals surface area contributed by atoms with Crippen LogP contribution in [0.15, 0.2) is 16.9 Å². The molecule has 0 aliphatic heterocycles. The van der Waals surface area contributed by atoms with Crippen LogP contribution in [0, 0.1) is 0 Å². The van der Waals surface area contributed by atoms with Gasteiger partial charge in [-0.15, -0.1) is 0 Å². The van der Waals surface area contributed by atoms with E-state index in [0.29, 0.717) is 6.54 Å². The zero-order valence-corrected chi connectivity index (χ0v) is 7.66. The number of aryl methyl sites for hydroxylation is 1. The van der Waals surface area contributed by atoms with E-state index in [9.17, 15) is 9.90 Å². The Balaban J connectivity index is 2.55. The van der Waals surface area contributed by atoms with E-state index in [2.05, 4.69) is 6.92 Å². The summed E-state index contributed by atoms with van der Waals surface area (Å²) in [5, 5.41) is 10.5. The second-order valence-corrected chi connectivity index (χ2v) is 2.90. The molecule has 1 aromatic heterocycles. The Kier molecular flexibility index (Phi) is 3.49. The van der Waals surface area contributed by atoms with Crippen molar-refractivity contribution in [3.8, 4) is 0 Å². The highest BCUT2D eigenvalue weighted by Gasteiger charge is 2.14. The number of unbranched alkanes of at least 4 members (excludes halogenated alkanes) is 2. The number of carbonyl (C=O) groups excluding carboxylic acids is 1. The molecule has 0 spiro atoms. The van der Waals surface area contributed by atoms with Gasteiger partial charge in [-0.05, 0) is 6.42 Å². The van der Waals surface area contributed by atoms with Crippen LogP contribution in [0.3, 0.4) is 0 Å². The number of carbonyl (C=O) groups is 1. The molecule has 0 N–H and O–H groups in total. The Bertz CT molecular complexity index is 280. The Morgan fingerprint density at radius 3 is 3.00 bits per heavy atom. The number of aromatic carboxylic acids is 1. The van der Waals surface area contributed by atoms with Crippen molar-refractivity contribution in [3.63, 3.8) is 0 Å². The largest absolute Gasteiger partial charge is 0.537 e. The lowest BCUT2D eigenvalue weighted by Gasteiger charge is -1.96. The van der Waals surface area contributed by atoms with Crippen molar-refractivity contribution >= 4 is 5.97 Å². The number of aromatic nitrogens is 1. The van der Waals surface area contributed by atoms with Crippen molar-refractivity contribution in [1.82, 2.24) is 0 Å². The van der Waals surface area contributed by atoms with Gasteiger partial charge in [-0.2, -0.15) is 4.57 Å². The predicted molar refractivity (Wildman–Crippen MR) is 42.8 cm³/mol. The number of rotatable bonds is 5. The molecule has 4 heteroatoms. The standard InChI is InChI=1S/C9H13NO3/c1-2-3-4-5-10-6-7-13-8(10)9(11)12/h6-7H,2-5H2,1H3. The molecule has 0 saturated carbocycles. The Morgan fingerprint density at radius 1 is 1.62 bits per heavy atom. The molecule has 0 unspecified atom stereocenters. The van der Waals surface area contributed by atoms with Crippen LogP contribution in [-0.2, 0) is 6.54 Å². The van der Waals surface area contributed by atoms with Crippen LogP contribution in [0.25, 0.3) is 0 Å². The van der Waals surface area contributed by atoms with Crippen molar-refractivity contribution in [3.05, 3.63) is 18.4 Å². The molecule has 72 valence electrons. The summed E-state index contributed by atoms with van der Waals surface area (Å²) in [6, 6.07) is 0. The maximum absolute atomic E-state index is 10.5. The molecule has 0 atom stereocenters. The minimum atomic E-state index is -1.26. The van der Waals surface area contributed by atoms with E-state index >= 15 is 0 Å². The van der Waals surface area contributed by atoms with Gasteiger partial charge in [0.25, 0.3) is 0 Å². The van der Waals surface area contributed by atoms with E-state index in [-0.39, 0.29) is 5.89 Å². The first-order valence-corrected chi connectivity index (χ1v) is 4.44. The molecule has 0 fully saturated rings. The summed E-state index contributed by atoms with van der Waals surface area (Å²) >= 11 is 0. The third kappa shape index (κ3) is 2.57. The Hall–Kier alpha value is -1.32. The van der Waals surface area contributed by atoms with Gasteiger partial charge in [0.05, 0.1) is 0 Å². The lowest BCUT2D eigenvalue weighted by atomic mass is 10.2. The molecule has 0 radical (unpaired) electrons. The van der Waals surface area contributed by atoms with Crippen LogP contribution in [0.4, 0.5) is 0 Å². The van der Waals surface area contributed by atoms with Gasteiger partial charge in [0, 0.05) is 6.42 Å². The van der Waals surface area contributed by atoms with Crippen molar-refractivity contribution in [2.75, 3.05) is 0 Å². The molecule has 1 rings (SSSR count). The van der Waals surface area contributed by atoms with Crippen LogP contribution < -0.4 is 9.67 Å². The van der Waals surface area contributed by atoms with Gasteiger partial charge >= 0.3 is 5.89 Å².